The molecule has 0 bridgehead atoms. The highest BCUT2D eigenvalue weighted by Crippen LogP contribution is 2.33. The molecule has 0 saturated carbocycles. The lowest BCUT2D eigenvalue weighted by molar-refractivity contribution is 0.103. The van der Waals surface area contributed by atoms with E-state index in [-0.39, 0.29) is 5.78 Å². The first-order chi connectivity index (χ1) is 6.13. The number of aryl methyl sites for hydroxylation is 1. The Labute approximate surface area is 78.1 Å². The van der Waals surface area contributed by atoms with Crippen LogP contribution in [0.1, 0.15) is 35.3 Å². The van der Waals surface area contributed by atoms with Crippen LogP contribution in [0.2, 0.25) is 0 Å². The Hall–Kier alpha value is -1.37. The molecule has 0 amide bonds. The van der Waals surface area contributed by atoms with Gasteiger partial charge < -0.3 is 0 Å². The minimum Gasteiger partial charge on any atom is -0.289 e. The van der Waals surface area contributed by atoms with Gasteiger partial charge in [-0.15, -0.1) is 0 Å². The minimum atomic E-state index is 0.191. The van der Waals surface area contributed by atoms with Gasteiger partial charge in [0.1, 0.15) is 0 Å². The molecule has 1 aliphatic carbocycles. The van der Waals surface area contributed by atoms with Crippen molar-refractivity contribution in [2.45, 2.75) is 20.8 Å². The summed E-state index contributed by atoms with van der Waals surface area (Å²) in [6.45, 7) is 5.97. The molecule has 0 unspecified atom stereocenters. The summed E-state index contributed by atoms with van der Waals surface area (Å²) in [5.41, 5.74) is 5.24. The van der Waals surface area contributed by atoms with Gasteiger partial charge in [0, 0.05) is 11.1 Å². The molecule has 0 spiro atoms. The van der Waals surface area contributed by atoms with Gasteiger partial charge in [0.2, 0.25) is 0 Å². The third-order valence-corrected chi connectivity index (χ3v) is 2.80. The number of fused-ring (bicyclic) bond motifs is 1. The lowest BCUT2D eigenvalue weighted by Gasteiger charge is -2.03. The summed E-state index contributed by atoms with van der Waals surface area (Å²) < 4.78 is 0. The van der Waals surface area contributed by atoms with Crippen LogP contribution < -0.4 is 0 Å². The summed E-state index contributed by atoms with van der Waals surface area (Å²) >= 11 is 0. The molecule has 1 nitrogen and oxygen atoms in total. The van der Waals surface area contributed by atoms with Crippen molar-refractivity contribution in [3.63, 3.8) is 0 Å². The fourth-order valence-corrected chi connectivity index (χ4v) is 1.91. The van der Waals surface area contributed by atoms with Gasteiger partial charge in [-0.1, -0.05) is 18.2 Å². The first-order valence-electron chi connectivity index (χ1n) is 4.45. The third kappa shape index (κ3) is 0.966. The van der Waals surface area contributed by atoms with Gasteiger partial charge in [0.05, 0.1) is 0 Å². The van der Waals surface area contributed by atoms with E-state index >= 15 is 0 Å². The van der Waals surface area contributed by atoms with Gasteiger partial charge in [0.25, 0.3) is 0 Å². The standard InChI is InChI=1S/C12H12O/c1-7-5-4-6-10-11(7)8(2)9(3)12(10)13/h4-6H,1-3H3. The average molecular weight is 172 g/mol. The van der Waals surface area contributed by atoms with E-state index in [0.717, 1.165) is 22.3 Å². The highest BCUT2D eigenvalue weighted by atomic mass is 16.1. The maximum Gasteiger partial charge on any atom is 0.189 e. The maximum atomic E-state index is 11.7. The SMILES string of the molecule is CC1=C(C)c2c(C)cccc2C1=O. The molecule has 1 heteroatoms. The number of benzene rings is 1. The highest BCUT2D eigenvalue weighted by Gasteiger charge is 2.24. The van der Waals surface area contributed by atoms with Crippen molar-refractivity contribution in [3.8, 4) is 0 Å². The zero-order valence-corrected chi connectivity index (χ0v) is 8.14. The van der Waals surface area contributed by atoms with Gasteiger partial charge in [-0.25, -0.2) is 0 Å². The Morgan fingerprint density at radius 2 is 1.69 bits per heavy atom. The molecule has 66 valence electrons. The van der Waals surface area contributed by atoms with E-state index in [1.807, 2.05) is 39.0 Å². The van der Waals surface area contributed by atoms with Gasteiger partial charge in [-0.3, -0.25) is 4.79 Å². The molecular weight excluding hydrogens is 160 g/mol. The van der Waals surface area contributed by atoms with E-state index in [0.29, 0.717) is 0 Å². The topological polar surface area (TPSA) is 17.1 Å². The van der Waals surface area contributed by atoms with E-state index in [2.05, 4.69) is 0 Å². The van der Waals surface area contributed by atoms with Crippen LogP contribution in [0.4, 0.5) is 0 Å². The number of ketones is 1. The Balaban J connectivity index is 2.79. The van der Waals surface area contributed by atoms with Crippen molar-refractivity contribution >= 4 is 11.4 Å². The molecule has 0 atom stereocenters. The Morgan fingerprint density at radius 1 is 1.00 bits per heavy atom. The van der Waals surface area contributed by atoms with Crippen molar-refractivity contribution < 1.29 is 4.79 Å². The number of hydrogen-bond donors (Lipinski definition) is 0. The summed E-state index contributed by atoms with van der Waals surface area (Å²) in [6.07, 6.45) is 0. The van der Waals surface area contributed by atoms with Crippen LogP contribution in [-0.4, -0.2) is 5.78 Å². The fourth-order valence-electron chi connectivity index (χ4n) is 1.91. The van der Waals surface area contributed by atoms with Gasteiger partial charge in [0.15, 0.2) is 5.78 Å². The lowest BCUT2D eigenvalue weighted by Crippen LogP contribution is -1.95. The third-order valence-electron chi connectivity index (χ3n) is 2.80. The summed E-state index contributed by atoms with van der Waals surface area (Å²) in [5.74, 6) is 0.191. The van der Waals surface area contributed by atoms with Crippen LogP contribution in [0, 0.1) is 6.92 Å². The highest BCUT2D eigenvalue weighted by molar-refractivity contribution is 6.20. The Kier molecular flexibility index (Phi) is 1.62. The second-order valence-corrected chi connectivity index (χ2v) is 3.58. The van der Waals surface area contributed by atoms with Crippen molar-refractivity contribution in [2.75, 3.05) is 0 Å². The number of Topliss-reactive ketones (excluding diaryl/α,β-unsaturated/α-hetero) is 1. The number of rotatable bonds is 0. The number of carbonyl (C=O) groups is 1. The summed E-state index contributed by atoms with van der Waals surface area (Å²) in [4.78, 5) is 11.7. The minimum absolute atomic E-state index is 0.191. The maximum absolute atomic E-state index is 11.7. The second-order valence-electron chi connectivity index (χ2n) is 3.58. The van der Waals surface area contributed by atoms with Crippen LogP contribution in [0.5, 0.6) is 0 Å². The number of carbonyl (C=O) groups excluding carboxylic acids is 1. The van der Waals surface area contributed by atoms with Crippen LogP contribution in [-0.2, 0) is 0 Å². The number of allylic oxidation sites excluding steroid dienone is 2. The normalized spacial score (nSPS) is 15.2. The van der Waals surface area contributed by atoms with Gasteiger partial charge in [-0.2, -0.15) is 0 Å². The molecule has 0 N–H and O–H groups in total. The Bertz CT molecular complexity index is 425. The van der Waals surface area contributed by atoms with Crippen LogP contribution in [0.3, 0.4) is 0 Å². The molecule has 0 radical (unpaired) electrons. The fraction of sp³-hybridized carbons (Fsp3) is 0.250. The average Bonchev–Trinajstić information content (AvgIpc) is 2.33. The van der Waals surface area contributed by atoms with E-state index in [1.165, 1.54) is 5.56 Å². The second kappa shape index (κ2) is 2.56. The zero-order chi connectivity index (χ0) is 9.59. The smallest absolute Gasteiger partial charge is 0.189 e. The molecule has 1 aliphatic rings. The predicted octanol–water partition coefficient (Wildman–Crippen LogP) is 2.98. The molecule has 0 fully saturated rings. The van der Waals surface area contributed by atoms with Crippen LogP contribution >= 0.6 is 0 Å². The monoisotopic (exact) mass is 172 g/mol. The summed E-state index contributed by atoms with van der Waals surface area (Å²) in [6, 6.07) is 5.90. The quantitative estimate of drug-likeness (QED) is 0.588. The molecule has 0 heterocycles. The predicted molar refractivity (Wildman–Crippen MR) is 53.8 cm³/mol. The van der Waals surface area contributed by atoms with Crippen molar-refractivity contribution in [1.29, 1.82) is 0 Å². The molecule has 1 aromatic carbocycles. The largest absolute Gasteiger partial charge is 0.289 e. The zero-order valence-electron chi connectivity index (χ0n) is 8.14. The van der Waals surface area contributed by atoms with E-state index < -0.39 is 0 Å². The molecule has 0 saturated heterocycles. The molecular formula is C12H12O. The van der Waals surface area contributed by atoms with E-state index in [9.17, 15) is 4.79 Å². The Morgan fingerprint density at radius 3 is 2.31 bits per heavy atom. The first kappa shape index (κ1) is 8.24. The van der Waals surface area contributed by atoms with Crippen molar-refractivity contribution in [3.05, 3.63) is 40.5 Å². The van der Waals surface area contributed by atoms with E-state index in [1.54, 1.807) is 0 Å². The molecule has 0 aliphatic heterocycles. The number of hydrogen-bond acceptors (Lipinski definition) is 1. The van der Waals surface area contributed by atoms with Crippen LogP contribution in [0.15, 0.2) is 23.8 Å². The van der Waals surface area contributed by atoms with Crippen molar-refractivity contribution in [1.82, 2.24) is 0 Å². The molecule has 0 aromatic heterocycles. The summed E-state index contributed by atoms with van der Waals surface area (Å²) in [7, 11) is 0. The van der Waals surface area contributed by atoms with E-state index in [4.69, 9.17) is 0 Å². The molecule has 13 heavy (non-hydrogen) atoms. The van der Waals surface area contributed by atoms with Crippen molar-refractivity contribution in [2.24, 2.45) is 0 Å². The molecule has 2 rings (SSSR count). The first-order valence-corrected chi connectivity index (χ1v) is 4.45. The molecule has 1 aromatic rings. The van der Waals surface area contributed by atoms with Crippen LogP contribution in [0.25, 0.3) is 5.57 Å². The van der Waals surface area contributed by atoms with Gasteiger partial charge >= 0.3 is 0 Å². The summed E-state index contributed by atoms with van der Waals surface area (Å²) in [5, 5.41) is 0. The van der Waals surface area contributed by atoms with Gasteiger partial charge in [-0.05, 0) is 37.5 Å². The lowest BCUT2D eigenvalue weighted by atomic mass is 10.0.